The fraction of sp³-hybridized carbons (Fsp3) is 0.556. The maximum absolute atomic E-state index is 11.6. The summed E-state index contributed by atoms with van der Waals surface area (Å²) in [6.07, 6.45) is 2.63. The first-order valence-corrected chi connectivity index (χ1v) is 7.40. The van der Waals surface area contributed by atoms with Crippen molar-refractivity contribution < 1.29 is 18.3 Å². The Morgan fingerprint density at radius 2 is 2.38 bits per heavy atom. The topological polar surface area (TPSA) is 84.3 Å². The van der Waals surface area contributed by atoms with Crippen LogP contribution in [0.15, 0.2) is 6.20 Å². The predicted molar refractivity (Wildman–Crippen MR) is 59.2 cm³/mol. The molecule has 1 N–H and O–H groups in total. The molecule has 1 aromatic heterocycles. The van der Waals surface area contributed by atoms with Crippen LogP contribution in [0, 0.1) is 0 Å². The lowest BCUT2D eigenvalue weighted by Crippen LogP contribution is -2.07. The van der Waals surface area contributed by atoms with Gasteiger partial charge in [0, 0.05) is 11.1 Å². The fourth-order valence-electron chi connectivity index (χ4n) is 1.77. The van der Waals surface area contributed by atoms with Gasteiger partial charge in [0.25, 0.3) is 0 Å². The normalized spacial score (nSPS) is 23.4. The standard InChI is InChI=1S/C9H11NO4S2/c11-8(12)4-6-5-10-9(15-6)7-2-1-3-16(7,13)14/h5,7H,1-4H2,(H,11,12). The minimum atomic E-state index is -3.05. The Morgan fingerprint density at radius 3 is 2.94 bits per heavy atom. The summed E-state index contributed by atoms with van der Waals surface area (Å²) < 4.78 is 23.3. The Morgan fingerprint density at radius 1 is 1.62 bits per heavy atom. The number of carboxylic acid groups (broad SMARTS) is 1. The minimum absolute atomic E-state index is 0.0928. The summed E-state index contributed by atoms with van der Waals surface area (Å²) in [5, 5.41) is 8.63. The third kappa shape index (κ3) is 2.25. The van der Waals surface area contributed by atoms with Gasteiger partial charge >= 0.3 is 5.97 Å². The number of hydrogen-bond donors (Lipinski definition) is 1. The van der Waals surface area contributed by atoms with E-state index in [9.17, 15) is 13.2 Å². The van der Waals surface area contributed by atoms with Crippen molar-refractivity contribution in [3.63, 3.8) is 0 Å². The lowest BCUT2D eigenvalue weighted by molar-refractivity contribution is -0.136. The number of thiazole rings is 1. The van der Waals surface area contributed by atoms with Gasteiger partial charge in [-0.05, 0) is 12.8 Å². The molecule has 0 aromatic carbocycles. The number of sulfone groups is 1. The van der Waals surface area contributed by atoms with Crippen LogP contribution in [0.4, 0.5) is 0 Å². The van der Waals surface area contributed by atoms with E-state index in [2.05, 4.69) is 4.98 Å². The van der Waals surface area contributed by atoms with Crippen LogP contribution in [0.1, 0.15) is 28.0 Å². The molecule has 88 valence electrons. The SMILES string of the molecule is O=C(O)Cc1cnc(C2CCCS2(=O)=O)s1. The number of hydrogen-bond acceptors (Lipinski definition) is 5. The Labute approximate surface area is 97.1 Å². The zero-order valence-corrected chi connectivity index (χ0v) is 10.1. The monoisotopic (exact) mass is 261 g/mol. The third-order valence-electron chi connectivity index (χ3n) is 2.50. The van der Waals surface area contributed by atoms with Crippen molar-refractivity contribution in [1.29, 1.82) is 0 Å². The van der Waals surface area contributed by atoms with Gasteiger partial charge < -0.3 is 5.11 Å². The quantitative estimate of drug-likeness (QED) is 0.878. The smallest absolute Gasteiger partial charge is 0.308 e. The summed E-state index contributed by atoms with van der Waals surface area (Å²) in [6.45, 7) is 0. The van der Waals surface area contributed by atoms with E-state index in [1.54, 1.807) is 0 Å². The van der Waals surface area contributed by atoms with E-state index in [1.165, 1.54) is 17.5 Å². The molecule has 5 nitrogen and oxygen atoms in total. The Balaban J connectivity index is 2.22. The van der Waals surface area contributed by atoms with Gasteiger partial charge in [-0.25, -0.2) is 13.4 Å². The van der Waals surface area contributed by atoms with Gasteiger partial charge in [0.1, 0.15) is 10.3 Å². The summed E-state index contributed by atoms with van der Waals surface area (Å²) in [7, 11) is -3.05. The van der Waals surface area contributed by atoms with Gasteiger partial charge in [-0.15, -0.1) is 11.3 Å². The number of nitrogens with zero attached hydrogens (tertiary/aromatic N) is 1. The molecule has 7 heteroatoms. The summed E-state index contributed by atoms with van der Waals surface area (Å²) >= 11 is 1.19. The zero-order chi connectivity index (χ0) is 11.8. The lowest BCUT2D eigenvalue weighted by Gasteiger charge is -2.03. The van der Waals surface area contributed by atoms with Crippen molar-refractivity contribution in [3.8, 4) is 0 Å². The first-order chi connectivity index (χ1) is 7.49. The van der Waals surface area contributed by atoms with Crippen LogP contribution in [0.5, 0.6) is 0 Å². The molecule has 1 atom stereocenters. The van der Waals surface area contributed by atoms with Gasteiger partial charge in [-0.3, -0.25) is 4.79 Å². The highest BCUT2D eigenvalue weighted by Gasteiger charge is 2.34. The van der Waals surface area contributed by atoms with E-state index in [4.69, 9.17) is 5.11 Å². The van der Waals surface area contributed by atoms with Gasteiger partial charge in [-0.2, -0.15) is 0 Å². The van der Waals surface area contributed by atoms with Crippen molar-refractivity contribution in [2.24, 2.45) is 0 Å². The first kappa shape index (κ1) is 11.5. The average Bonchev–Trinajstić information content (AvgIpc) is 2.70. The summed E-state index contributed by atoms with van der Waals surface area (Å²) in [5.74, 6) is -0.713. The fourth-order valence-corrected chi connectivity index (χ4v) is 5.03. The highest BCUT2D eigenvalue weighted by atomic mass is 32.2. The number of aromatic nitrogens is 1. The molecule has 1 saturated heterocycles. The molecule has 1 unspecified atom stereocenters. The molecular weight excluding hydrogens is 250 g/mol. The Kier molecular flexibility index (Phi) is 2.98. The molecule has 0 saturated carbocycles. The van der Waals surface area contributed by atoms with Crippen molar-refractivity contribution in [3.05, 3.63) is 16.1 Å². The van der Waals surface area contributed by atoms with Crippen LogP contribution in [-0.2, 0) is 21.1 Å². The van der Waals surface area contributed by atoms with Gasteiger partial charge in [-0.1, -0.05) is 0 Å². The maximum Gasteiger partial charge on any atom is 0.308 e. The number of carbonyl (C=O) groups is 1. The molecule has 1 fully saturated rings. The molecule has 2 heterocycles. The van der Waals surface area contributed by atoms with E-state index in [1.807, 2.05) is 0 Å². The molecule has 1 aliphatic heterocycles. The van der Waals surface area contributed by atoms with Crippen molar-refractivity contribution in [2.45, 2.75) is 24.5 Å². The molecule has 0 radical (unpaired) electrons. The summed E-state index contributed by atoms with van der Waals surface area (Å²) in [6, 6.07) is 0. The molecule has 0 amide bonds. The largest absolute Gasteiger partial charge is 0.481 e. The zero-order valence-electron chi connectivity index (χ0n) is 8.42. The molecule has 0 aliphatic carbocycles. The Bertz CT molecular complexity index is 505. The van der Waals surface area contributed by atoms with Crippen molar-refractivity contribution in [2.75, 3.05) is 5.75 Å². The van der Waals surface area contributed by atoms with E-state index in [0.29, 0.717) is 22.7 Å². The lowest BCUT2D eigenvalue weighted by atomic mass is 10.3. The van der Waals surface area contributed by atoms with Crippen LogP contribution in [0.3, 0.4) is 0 Å². The Hall–Kier alpha value is -0.950. The van der Waals surface area contributed by atoms with Gasteiger partial charge in [0.05, 0.1) is 12.2 Å². The predicted octanol–water partition coefficient (Wildman–Crippen LogP) is 1.02. The van der Waals surface area contributed by atoms with Crippen LogP contribution in [-0.4, -0.2) is 30.2 Å². The highest BCUT2D eigenvalue weighted by molar-refractivity contribution is 7.92. The van der Waals surface area contributed by atoms with E-state index in [0.717, 1.165) is 0 Å². The molecule has 1 aromatic rings. The average molecular weight is 261 g/mol. The summed E-state index contributed by atoms with van der Waals surface area (Å²) in [4.78, 5) is 15.1. The van der Waals surface area contributed by atoms with Crippen molar-refractivity contribution >= 4 is 27.1 Å². The maximum atomic E-state index is 11.6. The molecule has 1 aliphatic rings. The minimum Gasteiger partial charge on any atom is -0.481 e. The van der Waals surface area contributed by atoms with E-state index >= 15 is 0 Å². The number of carboxylic acids is 1. The molecule has 16 heavy (non-hydrogen) atoms. The highest BCUT2D eigenvalue weighted by Crippen LogP contribution is 2.36. The number of rotatable bonds is 3. The van der Waals surface area contributed by atoms with E-state index < -0.39 is 21.1 Å². The van der Waals surface area contributed by atoms with Crippen molar-refractivity contribution in [1.82, 2.24) is 4.98 Å². The third-order valence-corrected chi connectivity index (χ3v) is 5.94. The molecular formula is C9H11NO4S2. The number of aliphatic carboxylic acids is 1. The van der Waals surface area contributed by atoms with Gasteiger partial charge in [0.15, 0.2) is 9.84 Å². The van der Waals surface area contributed by atoms with Crippen LogP contribution >= 0.6 is 11.3 Å². The molecule has 2 rings (SSSR count). The second kappa shape index (κ2) is 4.14. The van der Waals surface area contributed by atoms with E-state index in [-0.39, 0.29) is 12.2 Å². The second-order valence-corrected chi connectivity index (χ2v) is 7.18. The second-order valence-electron chi connectivity index (χ2n) is 3.73. The van der Waals surface area contributed by atoms with Gasteiger partial charge in [0.2, 0.25) is 0 Å². The van der Waals surface area contributed by atoms with Crippen LogP contribution in [0.2, 0.25) is 0 Å². The van der Waals surface area contributed by atoms with Crippen LogP contribution in [0.25, 0.3) is 0 Å². The molecule has 0 bridgehead atoms. The van der Waals surface area contributed by atoms with Crippen LogP contribution < -0.4 is 0 Å². The summed E-state index contributed by atoms with van der Waals surface area (Å²) in [5.41, 5.74) is 0. The molecule has 0 spiro atoms. The first-order valence-electron chi connectivity index (χ1n) is 4.87.